The SMILES string of the molecule is CCCNC(=O)[C@H](C)N(Cc1ccc(Cl)cc1)C(=O)CN(c1cc([N+](=O)[O-])ccc1C)S(C)(=O)=O. The molecule has 10 nitrogen and oxygen atoms in total. The summed E-state index contributed by atoms with van der Waals surface area (Å²) >= 11 is 5.95. The highest BCUT2D eigenvalue weighted by Gasteiger charge is 2.31. The first-order valence-corrected chi connectivity index (χ1v) is 13.1. The Balaban J connectivity index is 2.45. The fraction of sp³-hybridized carbons (Fsp3) is 0.391. The van der Waals surface area contributed by atoms with Gasteiger partial charge in [-0.1, -0.05) is 36.7 Å². The van der Waals surface area contributed by atoms with Gasteiger partial charge in [0.1, 0.15) is 12.6 Å². The number of sulfonamides is 1. The number of nitrogens with zero attached hydrogens (tertiary/aromatic N) is 3. The van der Waals surface area contributed by atoms with Gasteiger partial charge in [-0.05, 0) is 43.5 Å². The number of aryl methyl sites for hydroxylation is 1. The zero-order chi connectivity index (χ0) is 26.3. The molecule has 12 heteroatoms. The molecule has 0 radical (unpaired) electrons. The largest absolute Gasteiger partial charge is 0.354 e. The quantitative estimate of drug-likeness (QED) is 0.354. The van der Waals surface area contributed by atoms with Gasteiger partial charge in [0.25, 0.3) is 5.69 Å². The summed E-state index contributed by atoms with van der Waals surface area (Å²) < 4.78 is 26.1. The zero-order valence-corrected chi connectivity index (χ0v) is 21.6. The van der Waals surface area contributed by atoms with Gasteiger partial charge in [-0.3, -0.25) is 24.0 Å². The van der Waals surface area contributed by atoms with Crippen molar-refractivity contribution in [3.05, 3.63) is 68.7 Å². The molecule has 0 bridgehead atoms. The van der Waals surface area contributed by atoms with E-state index in [0.717, 1.165) is 16.6 Å². The van der Waals surface area contributed by atoms with Crippen molar-refractivity contribution in [3.8, 4) is 0 Å². The van der Waals surface area contributed by atoms with Crippen LogP contribution >= 0.6 is 11.6 Å². The minimum absolute atomic E-state index is 0.0181. The number of carbonyl (C=O) groups excluding carboxylic acids is 2. The Morgan fingerprint density at radius 1 is 1.17 bits per heavy atom. The van der Waals surface area contributed by atoms with Crippen LogP contribution in [-0.4, -0.2) is 55.4 Å². The number of hydrogen-bond donors (Lipinski definition) is 1. The van der Waals surface area contributed by atoms with Crippen LogP contribution in [0.25, 0.3) is 0 Å². The summed E-state index contributed by atoms with van der Waals surface area (Å²) in [6, 6.07) is 9.60. The number of nitro groups is 1. The minimum atomic E-state index is -4.00. The van der Waals surface area contributed by atoms with Crippen molar-refractivity contribution >= 4 is 44.8 Å². The molecule has 0 aliphatic heterocycles. The molecule has 0 fully saturated rings. The number of hydrogen-bond acceptors (Lipinski definition) is 6. The van der Waals surface area contributed by atoms with Crippen molar-refractivity contribution in [2.45, 2.75) is 39.8 Å². The van der Waals surface area contributed by atoms with E-state index in [4.69, 9.17) is 11.6 Å². The maximum Gasteiger partial charge on any atom is 0.271 e. The number of non-ortho nitro benzene ring substituents is 1. The molecule has 0 saturated heterocycles. The molecular formula is C23H29ClN4O6S. The maximum absolute atomic E-state index is 13.5. The van der Waals surface area contributed by atoms with E-state index in [0.29, 0.717) is 29.1 Å². The molecular weight excluding hydrogens is 496 g/mol. The fourth-order valence-corrected chi connectivity index (χ4v) is 4.36. The van der Waals surface area contributed by atoms with Crippen LogP contribution in [0.2, 0.25) is 5.02 Å². The Morgan fingerprint density at radius 2 is 1.80 bits per heavy atom. The second-order valence-electron chi connectivity index (χ2n) is 8.11. The van der Waals surface area contributed by atoms with Crippen molar-refractivity contribution < 1.29 is 22.9 Å². The molecule has 2 aromatic rings. The van der Waals surface area contributed by atoms with Crippen molar-refractivity contribution in [1.82, 2.24) is 10.2 Å². The number of amides is 2. The van der Waals surface area contributed by atoms with E-state index in [1.165, 1.54) is 17.0 Å². The summed E-state index contributed by atoms with van der Waals surface area (Å²) in [5, 5.41) is 14.5. The van der Waals surface area contributed by atoms with Gasteiger partial charge in [0.15, 0.2) is 0 Å². The standard InChI is InChI=1S/C23H29ClN4O6S/c1-5-12-25-23(30)17(3)26(14-18-7-9-19(24)10-8-18)22(29)15-27(35(4,33)34)21-13-20(28(31)32)11-6-16(21)2/h6-11,13,17H,5,12,14-15H2,1-4H3,(H,25,30)/t17-/m0/s1. The van der Waals surface area contributed by atoms with Gasteiger partial charge in [0, 0.05) is 30.2 Å². The highest BCUT2D eigenvalue weighted by Crippen LogP contribution is 2.28. The Kier molecular flexibility index (Phi) is 9.61. The highest BCUT2D eigenvalue weighted by molar-refractivity contribution is 7.92. The molecule has 0 spiro atoms. The van der Waals surface area contributed by atoms with Gasteiger partial charge in [-0.15, -0.1) is 0 Å². The molecule has 1 atom stereocenters. The van der Waals surface area contributed by atoms with Gasteiger partial charge in [0.05, 0.1) is 16.9 Å². The number of anilines is 1. The predicted octanol–water partition coefficient (Wildman–Crippen LogP) is 3.27. The average molecular weight is 525 g/mol. The molecule has 2 amide bonds. The minimum Gasteiger partial charge on any atom is -0.354 e. The van der Waals surface area contributed by atoms with Gasteiger partial charge in [-0.2, -0.15) is 0 Å². The molecule has 1 N–H and O–H groups in total. The van der Waals surface area contributed by atoms with Crippen molar-refractivity contribution in [2.24, 2.45) is 0 Å². The Morgan fingerprint density at radius 3 is 2.34 bits per heavy atom. The van der Waals surface area contributed by atoms with E-state index in [1.54, 1.807) is 38.1 Å². The molecule has 2 aromatic carbocycles. The van der Waals surface area contributed by atoms with E-state index in [-0.39, 0.29) is 23.8 Å². The van der Waals surface area contributed by atoms with Crippen molar-refractivity contribution in [3.63, 3.8) is 0 Å². The van der Waals surface area contributed by atoms with Crippen LogP contribution in [0.4, 0.5) is 11.4 Å². The topological polar surface area (TPSA) is 130 Å². The van der Waals surface area contributed by atoms with Gasteiger partial charge in [0.2, 0.25) is 21.8 Å². The molecule has 0 aromatic heterocycles. The number of carbonyl (C=O) groups is 2. The molecule has 0 heterocycles. The number of nitro benzene ring substituents is 1. The molecule has 190 valence electrons. The molecule has 0 aliphatic carbocycles. The molecule has 0 saturated carbocycles. The van der Waals surface area contributed by atoms with Crippen molar-refractivity contribution in [1.29, 1.82) is 0 Å². The summed E-state index contributed by atoms with van der Waals surface area (Å²) in [4.78, 5) is 38.0. The lowest BCUT2D eigenvalue weighted by molar-refractivity contribution is -0.384. The summed E-state index contributed by atoms with van der Waals surface area (Å²) in [5.74, 6) is -1.03. The smallest absolute Gasteiger partial charge is 0.271 e. The van der Waals surface area contributed by atoms with E-state index in [9.17, 15) is 28.1 Å². The molecule has 35 heavy (non-hydrogen) atoms. The van der Waals surface area contributed by atoms with Crippen LogP contribution in [0.1, 0.15) is 31.4 Å². The lowest BCUT2D eigenvalue weighted by atomic mass is 10.1. The van der Waals surface area contributed by atoms with Crippen LogP contribution in [0.15, 0.2) is 42.5 Å². The third-order valence-corrected chi connectivity index (χ3v) is 6.71. The first kappa shape index (κ1) is 28.1. The predicted molar refractivity (Wildman–Crippen MR) is 135 cm³/mol. The normalized spacial score (nSPS) is 12.0. The van der Waals surface area contributed by atoms with Crippen molar-refractivity contribution in [2.75, 3.05) is 23.7 Å². The van der Waals surface area contributed by atoms with Gasteiger partial charge in [-0.25, -0.2) is 8.42 Å². The Labute approximate surface area is 210 Å². The Hall–Kier alpha value is -3.18. The van der Waals surface area contributed by atoms with E-state index >= 15 is 0 Å². The van der Waals surface area contributed by atoms with Gasteiger partial charge >= 0.3 is 0 Å². The lowest BCUT2D eigenvalue weighted by Gasteiger charge is -2.31. The van der Waals surface area contributed by atoms with E-state index in [2.05, 4.69) is 5.32 Å². The monoisotopic (exact) mass is 524 g/mol. The van der Waals surface area contributed by atoms with Crippen LogP contribution in [0.5, 0.6) is 0 Å². The summed E-state index contributed by atoms with van der Waals surface area (Å²) in [7, 11) is -4.00. The highest BCUT2D eigenvalue weighted by atomic mass is 35.5. The van der Waals surface area contributed by atoms with Crippen LogP contribution < -0.4 is 9.62 Å². The first-order chi connectivity index (χ1) is 16.3. The number of halogens is 1. The molecule has 0 aliphatic rings. The average Bonchev–Trinajstić information content (AvgIpc) is 2.79. The number of benzene rings is 2. The first-order valence-electron chi connectivity index (χ1n) is 10.9. The second kappa shape index (κ2) is 12.0. The zero-order valence-electron chi connectivity index (χ0n) is 20.0. The third kappa shape index (κ3) is 7.66. The van der Waals surface area contributed by atoms with Crippen LogP contribution in [0.3, 0.4) is 0 Å². The second-order valence-corrected chi connectivity index (χ2v) is 10.5. The van der Waals surface area contributed by atoms with Crippen LogP contribution in [-0.2, 0) is 26.2 Å². The van der Waals surface area contributed by atoms with Crippen LogP contribution in [0, 0.1) is 17.0 Å². The van der Waals surface area contributed by atoms with Gasteiger partial charge < -0.3 is 10.2 Å². The molecule has 2 rings (SSSR count). The van der Waals surface area contributed by atoms with E-state index < -0.39 is 33.4 Å². The van der Waals surface area contributed by atoms with E-state index in [1.807, 2.05) is 6.92 Å². The summed E-state index contributed by atoms with van der Waals surface area (Å²) in [5.41, 5.74) is 0.837. The maximum atomic E-state index is 13.5. The lowest BCUT2D eigenvalue weighted by Crippen LogP contribution is -2.51. The molecule has 0 unspecified atom stereocenters. The summed E-state index contributed by atoms with van der Waals surface area (Å²) in [6.45, 7) is 4.86. The number of rotatable bonds is 11. The fourth-order valence-electron chi connectivity index (χ4n) is 3.34. The Bertz CT molecular complexity index is 1190. The number of nitrogens with one attached hydrogen (secondary N) is 1. The summed E-state index contributed by atoms with van der Waals surface area (Å²) in [6.07, 6.45) is 1.62. The third-order valence-electron chi connectivity index (χ3n) is 5.33.